The molecule has 0 amide bonds. The van der Waals surface area contributed by atoms with Gasteiger partial charge in [-0.2, -0.15) is 0 Å². The highest BCUT2D eigenvalue weighted by Crippen LogP contribution is 2.12. The molecule has 0 rings (SSSR count). The van der Waals surface area contributed by atoms with Crippen molar-refractivity contribution in [1.82, 2.24) is 0 Å². The summed E-state index contributed by atoms with van der Waals surface area (Å²) in [5.41, 5.74) is 2.74. The molecule has 0 atom stereocenters. The minimum atomic E-state index is 1.12. The van der Waals surface area contributed by atoms with Crippen molar-refractivity contribution in [3.63, 3.8) is 0 Å². The predicted molar refractivity (Wildman–Crippen MR) is 75.7 cm³/mol. The van der Waals surface area contributed by atoms with Gasteiger partial charge in [0.05, 0.1) is 0 Å². The summed E-state index contributed by atoms with van der Waals surface area (Å²) in [5.74, 6) is 0. The normalized spacial score (nSPS) is 11.5. The van der Waals surface area contributed by atoms with E-state index in [1.54, 1.807) is 5.57 Å². The third-order valence-corrected chi connectivity index (χ3v) is 2.88. The van der Waals surface area contributed by atoms with Crippen molar-refractivity contribution in [2.75, 3.05) is 0 Å². The molecule has 0 aliphatic rings. The van der Waals surface area contributed by atoms with E-state index in [2.05, 4.69) is 33.1 Å². The van der Waals surface area contributed by atoms with Gasteiger partial charge >= 0.3 is 0 Å². The minimum absolute atomic E-state index is 1.12. The molecule has 0 bridgehead atoms. The van der Waals surface area contributed by atoms with E-state index < -0.39 is 0 Å². The summed E-state index contributed by atoms with van der Waals surface area (Å²) in [6, 6.07) is 0. The predicted octanol–water partition coefficient (Wildman–Crippen LogP) is 5.82. The highest BCUT2D eigenvalue weighted by atomic mass is 14.0. The number of allylic oxidation sites excluding steroid dienone is 4. The van der Waals surface area contributed by atoms with Gasteiger partial charge in [0.2, 0.25) is 0 Å². The maximum atomic E-state index is 3.92. The second-order valence-electron chi connectivity index (χ2n) is 4.62. The maximum absolute atomic E-state index is 3.92. The Morgan fingerprint density at radius 1 is 1.06 bits per heavy atom. The van der Waals surface area contributed by atoms with E-state index in [4.69, 9.17) is 0 Å². The highest BCUT2D eigenvalue weighted by molar-refractivity contribution is 5.10. The van der Waals surface area contributed by atoms with E-state index in [-0.39, 0.29) is 0 Å². The van der Waals surface area contributed by atoms with Crippen molar-refractivity contribution < 1.29 is 0 Å². The van der Waals surface area contributed by atoms with E-state index in [1.807, 2.05) is 6.08 Å². The third kappa shape index (κ3) is 9.76. The first-order chi connectivity index (χ1) is 7.70. The zero-order chi connectivity index (χ0) is 12.2. The molecule has 16 heavy (non-hydrogen) atoms. The summed E-state index contributed by atoms with van der Waals surface area (Å²) in [5, 5.41) is 0. The van der Waals surface area contributed by atoms with Crippen molar-refractivity contribution in [3.8, 4) is 0 Å². The molecule has 0 spiro atoms. The van der Waals surface area contributed by atoms with Gasteiger partial charge in [0.1, 0.15) is 0 Å². The molecule has 0 aromatic carbocycles. The molecular weight excluding hydrogens is 192 g/mol. The van der Waals surface area contributed by atoms with Crippen LogP contribution in [0.5, 0.6) is 0 Å². The van der Waals surface area contributed by atoms with Gasteiger partial charge in [0.25, 0.3) is 0 Å². The Bertz CT molecular complexity index is 220. The van der Waals surface area contributed by atoms with Crippen molar-refractivity contribution in [2.24, 2.45) is 0 Å². The summed E-state index contributed by atoms with van der Waals surface area (Å²) in [7, 11) is 0. The summed E-state index contributed by atoms with van der Waals surface area (Å²) in [6.45, 7) is 12.1. The van der Waals surface area contributed by atoms with Crippen LogP contribution in [0.15, 0.2) is 36.5 Å². The molecule has 0 heterocycles. The first-order valence-electron chi connectivity index (χ1n) is 6.66. The lowest BCUT2D eigenvalue weighted by Gasteiger charge is -2.01. The lowest BCUT2D eigenvalue weighted by atomic mass is 10.1. The van der Waals surface area contributed by atoms with Crippen LogP contribution < -0.4 is 0 Å². The van der Waals surface area contributed by atoms with E-state index >= 15 is 0 Å². The Balaban J connectivity index is 3.30. The van der Waals surface area contributed by atoms with Crippen LogP contribution >= 0.6 is 0 Å². The summed E-state index contributed by atoms with van der Waals surface area (Å²) in [4.78, 5) is 0. The fraction of sp³-hybridized carbons (Fsp3) is 0.625. The first kappa shape index (κ1) is 15.2. The van der Waals surface area contributed by atoms with Crippen LogP contribution in [0.25, 0.3) is 0 Å². The molecule has 0 heteroatoms. The first-order valence-corrected chi connectivity index (χ1v) is 6.66. The highest BCUT2D eigenvalue weighted by Gasteiger charge is 1.92. The number of hydrogen-bond donors (Lipinski definition) is 0. The lowest BCUT2D eigenvalue weighted by Crippen LogP contribution is -1.81. The van der Waals surface area contributed by atoms with E-state index in [0.717, 1.165) is 6.42 Å². The van der Waals surface area contributed by atoms with Crippen molar-refractivity contribution in [3.05, 3.63) is 36.5 Å². The largest absolute Gasteiger partial charge is 0.0988 e. The molecule has 0 fully saturated rings. The Morgan fingerprint density at radius 3 is 2.38 bits per heavy atom. The summed E-state index contributed by atoms with van der Waals surface area (Å²) < 4.78 is 0. The van der Waals surface area contributed by atoms with Crippen molar-refractivity contribution in [2.45, 2.75) is 65.2 Å². The molecular formula is C16H28. The van der Waals surface area contributed by atoms with Crippen LogP contribution in [0.2, 0.25) is 0 Å². The van der Waals surface area contributed by atoms with Gasteiger partial charge in [-0.15, -0.1) is 0 Å². The quantitative estimate of drug-likeness (QED) is 0.247. The molecule has 0 aromatic heterocycles. The Hall–Kier alpha value is -0.780. The van der Waals surface area contributed by atoms with Crippen LogP contribution in [-0.2, 0) is 0 Å². The fourth-order valence-electron chi connectivity index (χ4n) is 1.80. The van der Waals surface area contributed by atoms with Crippen LogP contribution in [0.4, 0.5) is 0 Å². The third-order valence-electron chi connectivity index (χ3n) is 2.88. The van der Waals surface area contributed by atoms with Gasteiger partial charge in [-0.1, -0.05) is 62.6 Å². The van der Waals surface area contributed by atoms with Gasteiger partial charge in [-0.05, 0) is 39.0 Å². The maximum Gasteiger partial charge on any atom is -0.0285 e. The standard InChI is InChI=1S/C16H28/c1-5-12-16(4)14-11-9-7-8-10-13-15(3)6-2/h6,14H,2-3,5,7-13H2,1,4H3/b16-14+. The van der Waals surface area contributed by atoms with E-state index in [9.17, 15) is 0 Å². The smallest absolute Gasteiger partial charge is 0.0285 e. The monoisotopic (exact) mass is 220 g/mol. The van der Waals surface area contributed by atoms with Gasteiger partial charge in [0.15, 0.2) is 0 Å². The topological polar surface area (TPSA) is 0 Å². The molecule has 0 N–H and O–H groups in total. The molecule has 0 saturated heterocycles. The van der Waals surface area contributed by atoms with Gasteiger partial charge in [-0.25, -0.2) is 0 Å². The Kier molecular flexibility index (Phi) is 10.2. The van der Waals surface area contributed by atoms with E-state index in [0.29, 0.717) is 0 Å². The fourth-order valence-corrected chi connectivity index (χ4v) is 1.80. The minimum Gasteiger partial charge on any atom is -0.0988 e. The average Bonchev–Trinajstić information content (AvgIpc) is 2.27. The van der Waals surface area contributed by atoms with Crippen LogP contribution in [0.3, 0.4) is 0 Å². The molecule has 0 aliphatic heterocycles. The molecule has 0 radical (unpaired) electrons. The van der Waals surface area contributed by atoms with Crippen LogP contribution in [-0.4, -0.2) is 0 Å². The Labute approximate surface area is 102 Å². The zero-order valence-corrected chi connectivity index (χ0v) is 11.2. The second-order valence-corrected chi connectivity index (χ2v) is 4.62. The van der Waals surface area contributed by atoms with E-state index in [1.165, 1.54) is 50.5 Å². The average molecular weight is 220 g/mol. The van der Waals surface area contributed by atoms with Crippen LogP contribution in [0, 0.1) is 0 Å². The second kappa shape index (κ2) is 10.7. The zero-order valence-electron chi connectivity index (χ0n) is 11.2. The number of rotatable bonds is 10. The molecule has 0 nitrogen and oxygen atoms in total. The SMILES string of the molecule is C=CC(=C)CCCCCC/C=C(\C)CCC. The van der Waals surface area contributed by atoms with Gasteiger partial charge in [-0.3, -0.25) is 0 Å². The summed E-state index contributed by atoms with van der Waals surface area (Å²) in [6.07, 6.45) is 14.5. The van der Waals surface area contributed by atoms with Gasteiger partial charge in [0, 0.05) is 0 Å². The Morgan fingerprint density at radius 2 is 1.75 bits per heavy atom. The summed E-state index contributed by atoms with van der Waals surface area (Å²) >= 11 is 0. The van der Waals surface area contributed by atoms with Crippen molar-refractivity contribution in [1.29, 1.82) is 0 Å². The number of hydrogen-bond acceptors (Lipinski definition) is 0. The molecule has 0 saturated carbocycles. The number of unbranched alkanes of at least 4 members (excludes halogenated alkanes) is 4. The van der Waals surface area contributed by atoms with Crippen LogP contribution in [0.1, 0.15) is 65.2 Å². The van der Waals surface area contributed by atoms with Gasteiger partial charge < -0.3 is 0 Å². The molecule has 0 unspecified atom stereocenters. The molecule has 92 valence electrons. The molecule has 0 aliphatic carbocycles. The van der Waals surface area contributed by atoms with Crippen molar-refractivity contribution >= 4 is 0 Å². The lowest BCUT2D eigenvalue weighted by molar-refractivity contribution is 0.646. The molecule has 0 aromatic rings.